The van der Waals surface area contributed by atoms with Gasteiger partial charge < -0.3 is 5.11 Å². The van der Waals surface area contributed by atoms with Crippen molar-refractivity contribution >= 4 is 11.3 Å². The molecule has 0 bridgehead atoms. The number of thiazole rings is 1. The van der Waals surface area contributed by atoms with Gasteiger partial charge in [0.25, 0.3) is 0 Å². The number of benzene rings is 1. The van der Waals surface area contributed by atoms with Crippen LogP contribution in [0.25, 0.3) is 10.6 Å². The highest BCUT2D eigenvalue weighted by Crippen LogP contribution is 2.23. The van der Waals surface area contributed by atoms with Crippen LogP contribution in [0, 0.1) is 0 Å². The van der Waals surface area contributed by atoms with Gasteiger partial charge in [0.2, 0.25) is 0 Å². The Bertz CT molecular complexity index is 411. The van der Waals surface area contributed by atoms with Crippen LogP contribution >= 0.6 is 11.3 Å². The highest BCUT2D eigenvalue weighted by molar-refractivity contribution is 7.13. The van der Waals surface area contributed by atoms with Crippen LogP contribution < -0.4 is 0 Å². The molecule has 2 aromatic rings. The van der Waals surface area contributed by atoms with E-state index in [0.717, 1.165) is 29.1 Å². The quantitative estimate of drug-likeness (QED) is 0.857. The maximum absolute atomic E-state index is 8.73. The third-order valence-electron chi connectivity index (χ3n) is 2.16. The average Bonchev–Trinajstić information content (AvgIpc) is 2.76. The van der Waals surface area contributed by atoms with Crippen molar-refractivity contribution in [1.29, 1.82) is 0 Å². The van der Waals surface area contributed by atoms with Gasteiger partial charge in [-0.15, -0.1) is 11.3 Å². The number of aromatic nitrogens is 1. The highest BCUT2D eigenvalue weighted by atomic mass is 32.1. The third kappa shape index (κ3) is 2.64. The number of hydrogen-bond donors (Lipinski definition) is 1. The molecule has 3 heteroatoms. The van der Waals surface area contributed by atoms with E-state index in [0.29, 0.717) is 0 Å². The molecule has 15 heavy (non-hydrogen) atoms. The summed E-state index contributed by atoms with van der Waals surface area (Å²) in [4.78, 5) is 4.53. The monoisotopic (exact) mass is 219 g/mol. The van der Waals surface area contributed by atoms with Crippen LogP contribution in [0.2, 0.25) is 0 Å². The number of aliphatic hydroxyl groups is 1. The minimum absolute atomic E-state index is 0.234. The van der Waals surface area contributed by atoms with Gasteiger partial charge in [0.15, 0.2) is 0 Å². The van der Waals surface area contributed by atoms with Crippen molar-refractivity contribution in [2.75, 3.05) is 6.61 Å². The molecule has 0 atom stereocenters. The lowest BCUT2D eigenvalue weighted by molar-refractivity contribution is 0.288. The minimum atomic E-state index is 0.234. The van der Waals surface area contributed by atoms with E-state index in [9.17, 15) is 0 Å². The van der Waals surface area contributed by atoms with E-state index < -0.39 is 0 Å². The zero-order valence-electron chi connectivity index (χ0n) is 8.39. The van der Waals surface area contributed by atoms with E-state index in [1.807, 2.05) is 18.2 Å². The number of hydrogen-bond acceptors (Lipinski definition) is 3. The molecule has 0 aliphatic rings. The van der Waals surface area contributed by atoms with Crippen LogP contribution in [0.3, 0.4) is 0 Å². The van der Waals surface area contributed by atoms with E-state index in [1.165, 1.54) is 0 Å². The first-order chi connectivity index (χ1) is 7.40. The van der Waals surface area contributed by atoms with Crippen LogP contribution in [-0.2, 0) is 6.42 Å². The predicted octanol–water partition coefficient (Wildman–Crippen LogP) is 2.74. The predicted molar refractivity (Wildman–Crippen MR) is 63.0 cm³/mol. The molecule has 1 aromatic carbocycles. The van der Waals surface area contributed by atoms with Crippen LogP contribution in [0.4, 0.5) is 0 Å². The number of aliphatic hydroxyl groups excluding tert-OH is 1. The van der Waals surface area contributed by atoms with E-state index >= 15 is 0 Å². The van der Waals surface area contributed by atoms with Gasteiger partial charge in [-0.05, 0) is 12.8 Å². The van der Waals surface area contributed by atoms with Gasteiger partial charge >= 0.3 is 0 Å². The summed E-state index contributed by atoms with van der Waals surface area (Å²) < 4.78 is 0. The van der Waals surface area contributed by atoms with E-state index in [-0.39, 0.29) is 6.61 Å². The Morgan fingerprint density at radius 1 is 1.20 bits per heavy atom. The second-order valence-electron chi connectivity index (χ2n) is 3.34. The lowest BCUT2D eigenvalue weighted by Crippen LogP contribution is -1.89. The van der Waals surface area contributed by atoms with Gasteiger partial charge in [-0.2, -0.15) is 0 Å². The molecule has 0 fully saturated rings. The third-order valence-corrected chi connectivity index (χ3v) is 3.10. The zero-order chi connectivity index (χ0) is 10.5. The van der Waals surface area contributed by atoms with E-state index in [1.54, 1.807) is 11.3 Å². The summed E-state index contributed by atoms with van der Waals surface area (Å²) in [6, 6.07) is 10.2. The first-order valence-electron chi connectivity index (χ1n) is 5.01. The van der Waals surface area contributed by atoms with Crippen molar-refractivity contribution in [3.8, 4) is 10.6 Å². The van der Waals surface area contributed by atoms with Crippen molar-refractivity contribution < 1.29 is 5.11 Å². The fraction of sp³-hybridized carbons (Fsp3) is 0.250. The first-order valence-corrected chi connectivity index (χ1v) is 5.89. The fourth-order valence-corrected chi connectivity index (χ4v) is 2.26. The molecule has 0 amide bonds. The molecule has 0 spiro atoms. The summed E-state index contributed by atoms with van der Waals surface area (Å²) in [5.74, 6) is 0. The summed E-state index contributed by atoms with van der Waals surface area (Å²) in [6.45, 7) is 0.234. The van der Waals surface area contributed by atoms with Crippen LogP contribution in [0.1, 0.15) is 12.1 Å². The van der Waals surface area contributed by atoms with Gasteiger partial charge in [-0.25, -0.2) is 4.98 Å². The molecule has 0 saturated carbocycles. The van der Waals surface area contributed by atoms with Gasteiger partial charge in [0.05, 0.1) is 5.69 Å². The van der Waals surface area contributed by atoms with Gasteiger partial charge in [0.1, 0.15) is 5.01 Å². The second-order valence-corrected chi connectivity index (χ2v) is 4.20. The maximum atomic E-state index is 8.73. The molecule has 1 aromatic heterocycles. The Morgan fingerprint density at radius 3 is 2.73 bits per heavy atom. The first kappa shape index (κ1) is 10.3. The molecule has 78 valence electrons. The summed E-state index contributed by atoms with van der Waals surface area (Å²) >= 11 is 1.66. The lowest BCUT2D eigenvalue weighted by atomic mass is 10.2. The molecule has 1 heterocycles. The molecule has 2 rings (SSSR count). The number of aryl methyl sites for hydroxylation is 1. The Hall–Kier alpha value is -1.19. The number of nitrogens with zero attached hydrogens (tertiary/aromatic N) is 1. The fourth-order valence-electron chi connectivity index (χ4n) is 1.40. The molecular formula is C12H13NOS. The Kier molecular flexibility index (Phi) is 3.48. The lowest BCUT2D eigenvalue weighted by Gasteiger charge is -1.94. The zero-order valence-corrected chi connectivity index (χ0v) is 9.20. The minimum Gasteiger partial charge on any atom is -0.396 e. The molecule has 0 aliphatic carbocycles. The van der Waals surface area contributed by atoms with Crippen molar-refractivity contribution in [3.63, 3.8) is 0 Å². The molecular weight excluding hydrogens is 206 g/mol. The van der Waals surface area contributed by atoms with Crippen molar-refractivity contribution in [2.24, 2.45) is 0 Å². The summed E-state index contributed by atoms with van der Waals surface area (Å²) in [6.07, 6.45) is 1.65. The normalized spacial score (nSPS) is 10.5. The maximum Gasteiger partial charge on any atom is 0.123 e. The molecule has 0 radical (unpaired) electrons. The topological polar surface area (TPSA) is 33.1 Å². The summed E-state index contributed by atoms with van der Waals surface area (Å²) in [7, 11) is 0. The SMILES string of the molecule is OCCCc1csc(-c2ccccc2)n1. The average molecular weight is 219 g/mol. The molecule has 1 N–H and O–H groups in total. The Labute approximate surface area is 93.2 Å². The molecule has 0 saturated heterocycles. The Balaban J connectivity index is 2.14. The van der Waals surface area contributed by atoms with Crippen LogP contribution in [0.15, 0.2) is 35.7 Å². The second kappa shape index (κ2) is 5.05. The van der Waals surface area contributed by atoms with Gasteiger partial charge in [-0.3, -0.25) is 0 Å². The van der Waals surface area contributed by atoms with Crippen molar-refractivity contribution in [1.82, 2.24) is 4.98 Å². The van der Waals surface area contributed by atoms with Crippen LogP contribution in [-0.4, -0.2) is 16.7 Å². The standard InChI is InChI=1S/C12H13NOS/c14-8-4-7-11-9-15-12(13-11)10-5-2-1-3-6-10/h1-3,5-6,9,14H,4,7-8H2. The van der Waals surface area contributed by atoms with E-state index in [4.69, 9.17) is 5.11 Å². The highest BCUT2D eigenvalue weighted by Gasteiger charge is 2.03. The van der Waals surface area contributed by atoms with E-state index in [2.05, 4.69) is 22.5 Å². The van der Waals surface area contributed by atoms with Crippen molar-refractivity contribution in [2.45, 2.75) is 12.8 Å². The van der Waals surface area contributed by atoms with Gasteiger partial charge in [-0.1, -0.05) is 30.3 Å². The summed E-state index contributed by atoms with van der Waals surface area (Å²) in [5.41, 5.74) is 2.24. The van der Waals surface area contributed by atoms with Crippen molar-refractivity contribution in [3.05, 3.63) is 41.4 Å². The largest absolute Gasteiger partial charge is 0.396 e. The molecule has 0 unspecified atom stereocenters. The molecule has 0 aliphatic heterocycles. The smallest absolute Gasteiger partial charge is 0.123 e. The number of rotatable bonds is 4. The Morgan fingerprint density at radius 2 is 2.00 bits per heavy atom. The summed E-state index contributed by atoms with van der Waals surface area (Å²) in [5, 5.41) is 11.9. The van der Waals surface area contributed by atoms with Crippen LogP contribution in [0.5, 0.6) is 0 Å². The molecule has 2 nitrogen and oxygen atoms in total. The van der Waals surface area contributed by atoms with Gasteiger partial charge in [0, 0.05) is 17.6 Å².